The van der Waals surface area contributed by atoms with E-state index in [-0.39, 0.29) is 10.8 Å². The lowest BCUT2D eigenvalue weighted by Crippen LogP contribution is -2.38. The molecule has 0 rings (SSSR count). The van der Waals surface area contributed by atoms with E-state index in [0.29, 0.717) is 11.8 Å². The molecule has 0 fully saturated rings. The van der Waals surface area contributed by atoms with Crippen LogP contribution in [-0.2, 0) is 4.74 Å². The quantitative estimate of drug-likeness (QED) is 0.363. The molecular formula is C19H40OSi. The molecule has 2 atom stereocenters. The maximum absolute atomic E-state index is 6.13. The topological polar surface area (TPSA) is 9.23 Å². The average Bonchev–Trinajstić information content (AvgIpc) is 2.24. The molecule has 0 N–H and O–H groups in total. The molecule has 0 saturated carbocycles. The fourth-order valence-electron chi connectivity index (χ4n) is 2.36. The summed E-state index contributed by atoms with van der Waals surface area (Å²) in [7, 11) is -1.05. The van der Waals surface area contributed by atoms with Crippen molar-refractivity contribution in [1.29, 1.82) is 0 Å². The molecule has 0 saturated heterocycles. The largest absolute Gasteiger partial charge is 0.498 e. The van der Waals surface area contributed by atoms with Crippen LogP contribution in [0, 0.1) is 22.7 Å². The van der Waals surface area contributed by atoms with E-state index in [2.05, 4.69) is 74.7 Å². The van der Waals surface area contributed by atoms with Gasteiger partial charge in [0.1, 0.15) is 0 Å². The van der Waals surface area contributed by atoms with Crippen molar-refractivity contribution in [2.75, 3.05) is 6.61 Å². The normalized spacial score (nSPS) is 17.5. The van der Waals surface area contributed by atoms with Crippen LogP contribution in [-0.4, -0.2) is 14.7 Å². The van der Waals surface area contributed by atoms with Crippen LogP contribution in [0.1, 0.15) is 54.9 Å². The van der Waals surface area contributed by atoms with Crippen molar-refractivity contribution in [2.45, 2.75) is 80.6 Å². The molecule has 126 valence electrons. The molecule has 0 bridgehead atoms. The summed E-state index contributed by atoms with van der Waals surface area (Å²) in [6.07, 6.45) is 1.14. The molecule has 0 spiro atoms. The second-order valence-electron chi connectivity index (χ2n) is 9.59. The SMILES string of the molecule is C=C(OCC[Si](C)(C)C)C(C)(CC(C)C(C)C)C(C)(C)C. The van der Waals surface area contributed by atoms with Gasteiger partial charge < -0.3 is 4.74 Å². The number of allylic oxidation sites excluding steroid dienone is 1. The third kappa shape index (κ3) is 6.59. The summed E-state index contributed by atoms with van der Waals surface area (Å²) in [6, 6.07) is 1.20. The van der Waals surface area contributed by atoms with Crippen LogP contribution in [0.2, 0.25) is 25.7 Å². The molecule has 0 aliphatic carbocycles. The first-order valence-corrected chi connectivity index (χ1v) is 12.2. The second kappa shape index (κ2) is 7.35. The zero-order valence-electron chi connectivity index (χ0n) is 16.4. The van der Waals surface area contributed by atoms with Crippen molar-refractivity contribution >= 4 is 8.07 Å². The zero-order valence-corrected chi connectivity index (χ0v) is 17.4. The lowest BCUT2D eigenvalue weighted by Gasteiger charge is -2.45. The van der Waals surface area contributed by atoms with Crippen molar-refractivity contribution in [1.82, 2.24) is 0 Å². The third-order valence-corrected chi connectivity index (χ3v) is 6.97. The summed E-state index contributed by atoms with van der Waals surface area (Å²) in [6.45, 7) is 28.6. The van der Waals surface area contributed by atoms with Crippen LogP contribution in [0.25, 0.3) is 0 Å². The first kappa shape index (κ1) is 20.8. The van der Waals surface area contributed by atoms with Gasteiger partial charge in [-0.05, 0) is 29.7 Å². The molecule has 2 heteroatoms. The fourth-order valence-corrected chi connectivity index (χ4v) is 3.07. The van der Waals surface area contributed by atoms with E-state index >= 15 is 0 Å². The van der Waals surface area contributed by atoms with Crippen molar-refractivity contribution in [3.05, 3.63) is 12.3 Å². The van der Waals surface area contributed by atoms with Crippen LogP contribution >= 0.6 is 0 Å². The first-order chi connectivity index (χ1) is 9.21. The monoisotopic (exact) mass is 312 g/mol. The van der Waals surface area contributed by atoms with E-state index < -0.39 is 8.07 Å². The molecule has 0 aromatic heterocycles. The summed E-state index contributed by atoms with van der Waals surface area (Å²) in [5.41, 5.74) is 0.183. The zero-order chi connectivity index (χ0) is 17.1. The second-order valence-corrected chi connectivity index (χ2v) is 15.2. The Labute approximate surface area is 135 Å². The molecule has 2 unspecified atom stereocenters. The van der Waals surface area contributed by atoms with Crippen LogP contribution in [0.3, 0.4) is 0 Å². The maximum Gasteiger partial charge on any atom is 0.0952 e. The average molecular weight is 313 g/mol. The van der Waals surface area contributed by atoms with Gasteiger partial charge in [-0.15, -0.1) is 0 Å². The van der Waals surface area contributed by atoms with E-state index in [4.69, 9.17) is 4.74 Å². The Morgan fingerprint density at radius 2 is 1.52 bits per heavy atom. The standard InChI is InChI=1S/C19H40OSi/c1-15(2)16(3)14-19(8,18(5,6)7)17(4)20-12-13-21(9,10)11/h15-16H,4,12-14H2,1-3,5-11H3. The Morgan fingerprint density at radius 3 is 1.86 bits per heavy atom. The highest BCUT2D eigenvalue weighted by Crippen LogP contribution is 2.49. The van der Waals surface area contributed by atoms with Crippen molar-refractivity contribution in [3.8, 4) is 0 Å². The molecular weight excluding hydrogens is 272 g/mol. The Balaban J connectivity index is 4.95. The van der Waals surface area contributed by atoms with Crippen molar-refractivity contribution in [3.63, 3.8) is 0 Å². The Morgan fingerprint density at radius 1 is 1.05 bits per heavy atom. The summed E-state index contributed by atoms with van der Waals surface area (Å²) in [4.78, 5) is 0. The highest BCUT2D eigenvalue weighted by Gasteiger charge is 2.42. The maximum atomic E-state index is 6.13. The minimum absolute atomic E-state index is 0.0239. The predicted octanol–water partition coefficient (Wildman–Crippen LogP) is 6.59. The molecule has 0 aliphatic rings. The Bertz CT molecular complexity index is 332. The molecule has 1 nitrogen and oxygen atoms in total. The van der Waals surface area contributed by atoms with Crippen molar-refractivity contribution < 1.29 is 4.74 Å². The van der Waals surface area contributed by atoms with E-state index in [1.165, 1.54) is 6.04 Å². The smallest absolute Gasteiger partial charge is 0.0952 e. The summed E-state index contributed by atoms with van der Waals surface area (Å²) < 4.78 is 6.13. The van der Waals surface area contributed by atoms with Gasteiger partial charge in [-0.1, -0.05) is 74.7 Å². The van der Waals surface area contributed by atoms with Gasteiger partial charge in [0.15, 0.2) is 0 Å². The third-order valence-electron chi connectivity index (χ3n) is 5.27. The van der Waals surface area contributed by atoms with E-state index in [0.717, 1.165) is 18.8 Å². The van der Waals surface area contributed by atoms with Gasteiger partial charge in [0.05, 0.1) is 12.4 Å². The molecule has 0 heterocycles. The fraction of sp³-hybridized carbons (Fsp3) is 0.895. The summed E-state index contributed by atoms with van der Waals surface area (Å²) >= 11 is 0. The van der Waals surface area contributed by atoms with Gasteiger partial charge in [-0.2, -0.15) is 0 Å². The number of ether oxygens (including phenoxy) is 1. The van der Waals surface area contributed by atoms with Gasteiger partial charge in [-0.25, -0.2) is 0 Å². The first-order valence-electron chi connectivity index (χ1n) is 8.53. The van der Waals surface area contributed by atoms with Gasteiger partial charge in [0, 0.05) is 13.5 Å². The van der Waals surface area contributed by atoms with Gasteiger partial charge >= 0.3 is 0 Å². The molecule has 0 aromatic rings. The summed E-state index contributed by atoms with van der Waals surface area (Å²) in [5, 5.41) is 0. The van der Waals surface area contributed by atoms with Crippen molar-refractivity contribution in [2.24, 2.45) is 22.7 Å². The minimum Gasteiger partial charge on any atom is -0.498 e. The number of rotatable bonds is 8. The van der Waals surface area contributed by atoms with E-state index in [1.807, 2.05) is 0 Å². The highest BCUT2D eigenvalue weighted by atomic mass is 28.3. The molecule has 0 aromatic carbocycles. The molecule has 0 aliphatic heterocycles. The molecule has 0 radical (unpaired) electrons. The lowest BCUT2D eigenvalue weighted by molar-refractivity contribution is 0.0332. The molecule has 0 amide bonds. The number of hydrogen-bond acceptors (Lipinski definition) is 1. The lowest BCUT2D eigenvalue weighted by atomic mass is 9.62. The van der Waals surface area contributed by atoms with Crippen LogP contribution in [0.4, 0.5) is 0 Å². The summed E-state index contributed by atoms with van der Waals surface area (Å²) in [5.74, 6) is 2.36. The minimum atomic E-state index is -1.05. The van der Waals surface area contributed by atoms with Gasteiger partial charge in [0.2, 0.25) is 0 Å². The Hall–Kier alpha value is -0.243. The Kier molecular flexibility index (Phi) is 7.26. The van der Waals surface area contributed by atoms with E-state index in [1.54, 1.807) is 0 Å². The number of hydrogen-bond donors (Lipinski definition) is 0. The van der Waals surface area contributed by atoms with Gasteiger partial charge in [-0.3, -0.25) is 0 Å². The highest BCUT2D eigenvalue weighted by molar-refractivity contribution is 6.76. The van der Waals surface area contributed by atoms with Crippen LogP contribution in [0.15, 0.2) is 12.3 Å². The molecule has 21 heavy (non-hydrogen) atoms. The predicted molar refractivity (Wildman–Crippen MR) is 99.4 cm³/mol. The van der Waals surface area contributed by atoms with Gasteiger partial charge in [0.25, 0.3) is 0 Å². The van der Waals surface area contributed by atoms with Crippen LogP contribution in [0.5, 0.6) is 0 Å². The van der Waals surface area contributed by atoms with Crippen LogP contribution < -0.4 is 0 Å². The van der Waals surface area contributed by atoms with E-state index in [9.17, 15) is 0 Å².